The lowest BCUT2D eigenvalue weighted by atomic mass is 10.2. The summed E-state index contributed by atoms with van der Waals surface area (Å²) in [7, 11) is 1.69. The summed E-state index contributed by atoms with van der Waals surface area (Å²) in [4.78, 5) is 2.21. The van der Waals surface area contributed by atoms with Crippen LogP contribution in [0.15, 0.2) is 42.6 Å². The van der Waals surface area contributed by atoms with Crippen molar-refractivity contribution in [2.45, 2.75) is 39.0 Å². The molecule has 0 saturated heterocycles. The Kier molecular flexibility index (Phi) is 8.12. The summed E-state index contributed by atoms with van der Waals surface area (Å²) in [6.45, 7) is 5.46. The Hall–Kier alpha value is -1.69. The van der Waals surface area contributed by atoms with Gasteiger partial charge in [0.2, 0.25) is 0 Å². The van der Waals surface area contributed by atoms with E-state index in [2.05, 4.69) is 22.5 Å². The number of rotatable bonds is 11. The van der Waals surface area contributed by atoms with E-state index in [4.69, 9.17) is 4.74 Å². The van der Waals surface area contributed by atoms with Gasteiger partial charge in [-0.1, -0.05) is 25.5 Å². The van der Waals surface area contributed by atoms with Gasteiger partial charge in [0.15, 0.2) is 0 Å². The molecule has 0 unspecified atom stereocenters. The molecule has 4 nitrogen and oxygen atoms in total. The number of ether oxygens (including phenoxy) is 1. The SMILES string of the molecule is CCC[C@H](O)CN(CCOC)Cc1cccn1Cc1cccc(F)c1. The van der Waals surface area contributed by atoms with Gasteiger partial charge in [0.05, 0.1) is 12.7 Å². The van der Waals surface area contributed by atoms with Crippen molar-refractivity contribution >= 4 is 0 Å². The monoisotopic (exact) mass is 348 g/mol. The van der Waals surface area contributed by atoms with Crippen LogP contribution in [0.25, 0.3) is 0 Å². The number of aliphatic hydroxyl groups is 1. The van der Waals surface area contributed by atoms with Crippen molar-refractivity contribution in [3.8, 4) is 0 Å². The summed E-state index contributed by atoms with van der Waals surface area (Å²) in [5.41, 5.74) is 2.08. The zero-order valence-electron chi connectivity index (χ0n) is 15.2. The Morgan fingerprint density at radius 3 is 2.84 bits per heavy atom. The average Bonchev–Trinajstić information content (AvgIpc) is 2.99. The minimum Gasteiger partial charge on any atom is -0.392 e. The van der Waals surface area contributed by atoms with E-state index in [0.717, 1.165) is 37.2 Å². The van der Waals surface area contributed by atoms with Crippen molar-refractivity contribution in [3.05, 3.63) is 59.7 Å². The number of aliphatic hydroxyl groups excluding tert-OH is 1. The van der Waals surface area contributed by atoms with Gasteiger partial charge in [-0.25, -0.2) is 4.39 Å². The molecule has 1 atom stereocenters. The van der Waals surface area contributed by atoms with Gasteiger partial charge in [-0.3, -0.25) is 4.90 Å². The van der Waals surface area contributed by atoms with Crippen molar-refractivity contribution in [3.63, 3.8) is 0 Å². The summed E-state index contributed by atoms with van der Waals surface area (Å²) in [5.74, 6) is -0.212. The highest BCUT2D eigenvalue weighted by molar-refractivity contribution is 5.18. The van der Waals surface area contributed by atoms with E-state index >= 15 is 0 Å². The van der Waals surface area contributed by atoms with Gasteiger partial charge in [0.25, 0.3) is 0 Å². The van der Waals surface area contributed by atoms with Gasteiger partial charge in [-0.15, -0.1) is 0 Å². The maximum absolute atomic E-state index is 13.4. The van der Waals surface area contributed by atoms with E-state index in [1.165, 1.54) is 6.07 Å². The molecule has 0 radical (unpaired) electrons. The summed E-state index contributed by atoms with van der Waals surface area (Å²) in [5, 5.41) is 10.2. The van der Waals surface area contributed by atoms with E-state index in [1.807, 2.05) is 18.3 Å². The Labute approximate surface area is 149 Å². The normalized spacial score (nSPS) is 12.7. The summed E-state index contributed by atoms with van der Waals surface area (Å²) in [6.07, 6.45) is 3.45. The molecule has 2 rings (SSSR count). The minimum absolute atomic E-state index is 0.212. The number of methoxy groups -OCH3 is 1. The number of nitrogens with zero attached hydrogens (tertiary/aromatic N) is 2. The molecule has 2 aromatic rings. The fourth-order valence-corrected chi connectivity index (χ4v) is 2.99. The second-order valence-corrected chi connectivity index (χ2v) is 6.43. The van der Waals surface area contributed by atoms with E-state index in [-0.39, 0.29) is 11.9 Å². The first-order valence-corrected chi connectivity index (χ1v) is 8.90. The molecule has 0 amide bonds. The van der Waals surface area contributed by atoms with Gasteiger partial charge in [0.1, 0.15) is 5.82 Å². The van der Waals surface area contributed by atoms with Crippen LogP contribution < -0.4 is 0 Å². The fraction of sp³-hybridized carbons (Fsp3) is 0.500. The van der Waals surface area contributed by atoms with Crippen molar-refractivity contribution in [1.82, 2.24) is 9.47 Å². The van der Waals surface area contributed by atoms with Crippen LogP contribution in [-0.4, -0.2) is 47.5 Å². The first-order valence-electron chi connectivity index (χ1n) is 8.90. The molecule has 0 saturated carbocycles. The fourth-order valence-electron chi connectivity index (χ4n) is 2.99. The Morgan fingerprint density at radius 1 is 1.28 bits per heavy atom. The lowest BCUT2D eigenvalue weighted by Crippen LogP contribution is -2.35. The molecule has 5 heteroatoms. The first-order chi connectivity index (χ1) is 12.1. The van der Waals surface area contributed by atoms with Gasteiger partial charge < -0.3 is 14.4 Å². The molecule has 0 aliphatic rings. The molecular weight excluding hydrogens is 319 g/mol. The zero-order chi connectivity index (χ0) is 18.1. The van der Waals surface area contributed by atoms with Crippen LogP contribution in [0.3, 0.4) is 0 Å². The van der Waals surface area contributed by atoms with E-state index in [0.29, 0.717) is 19.7 Å². The molecule has 1 N–H and O–H groups in total. The minimum atomic E-state index is -0.325. The number of hydrogen-bond acceptors (Lipinski definition) is 3. The molecule has 0 bridgehead atoms. The zero-order valence-corrected chi connectivity index (χ0v) is 15.2. The Balaban J connectivity index is 2.04. The van der Waals surface area contributed by atoms with Gasteiger partial charge in [-0.05, 0) is 36.2 Å². The van der Waals surface area contributed by atoms with Crippen LogP contribution in [0, 0.1) is 5.82 Å². The van der Waals surface area contributed by atoms with E-state index in [1.54, 1.807) is 19.2 Å². The Morgan fingerprint density at radius 2 is 2.12 bits per heavy atom. The van der Waals surface area contributed by atoms with Crippen LogP contribution in [0.4, 0.5) is 4.39 Å². The predicted molar refractivity (Wildman–Crippen MR) is 98.0 cm³/mol. The second-order valence-electron chi connectivity index (χ2n) is 6.43. The topological polar surface area (TPSA) is 37.6 Å². The molecule has 138 valence electrons. The highest BCUT2D eigenvalue weighted by Crippen LogP contribution is 2.12. The lowest BCUT2D eigenvalue weighted by molar-refractivity contribution is 0.0788. The Bertz CT molecular complexity index is 630. The third-order valence-corrected chi connectivity index (χ3v) is 4.25. The van der Waals surface area contributed by atoms with Crippen molar-refractivity contribution < 1.29 is 14.2 Å². The first kappa shape index (κ1) is 19.6. The van der Waals surface area contributed by atoms with Gasteiger partial charge >= 0.3 is 0 Å². The summed E-state index contributed by atoms with van der Waals surface area (Å²) in [6, 6.07) is 10.8. The molecule has 0 aliphatic carbocycles. The smallest absolute Gasteiger partial charge is 0.123 e. The molecule has 1 aromatic heterocycles. The lowest BCUT2D eigenvalue weighted by Gasteiger charge is -2.25. The average molecular weight is 348 g/mol. The molecule has 0 aliphatic heterocycles. The number of hydrogen-bond donors (Lipinski definition) is 1. The van der Waals surface area contributed by atoms with Gasteiger partial charge in [0, 0.05) is 45.2 Å². The van der Waals surface area contributed by atoms with E-state index < -0.39 is 0 Å². The largest absolute Gasteiger partial charge is 0.392 e. The van der Waals surface area contributed by atoms with Crippen LogP contribution in [-0.2, 0) is 17.8 Å². The third kappa shape index (κ3) is 6.61. The number of aromatic nitrogens is 1. The highest BCUT2D eigenvalue weighted by Gasteiger charge is 2.13. The van der Waals surface area contributed by atoms with Crippen molar-refractivity contribution in [2.24, 2.45) is 0 Å². The predicted octanol–water partition coefficient (Wildman–Crippen LogP) is 3.28. The van der Waals surface area contributed by atoms with Crippen LogP contribution in [0.1, 0.15) is 31.0 Å². The van der Waals surface area contributed by atoms with Crippen molar-refractivity contribution in [2.75, 3.05) is 26.8 Å². The van der Waals surface area contributed by atoms with Crippen LogP contribution in [0.5, 0.6) is 0 Å². The molecule has 0 spiro atoms. The maximum atomic E-state index is 13.4. The third-order valence-electron chi connectivity index (χ3n) is 4.25. The molecule has 1 aromatic carbocycles. The van der Waals surface area contributed by atoms with Crippen molar-refractivity contribution in [1.29, 1.82) is 0 Å². The standard InChI is InChI=1S/C20H29FN2O2/c1-3-6-20(24)16-22(11-12-25-2)15-19-9-5-10-23(19)14-17-7-4-8-18(21)13-17/h4-5,7-10,13,20,24H,3,6,11-12,14-16H2,1-2H3/t20-/m0/s1. The van der Waals surface area contributed by atoms with Crippen LogP contribution >= 0.6 is 0 Å². The quantitative estimate of drug-likeness (QED) is 0.677. The molecular formula is C20H29FN2O2. The summed E-state index contributed by atoms with van der Waals surface area (Å²) >= 11 is 0. The second kappa shape index (κ2) is 10.3. The number of benzene rings is 1. The highest BCUT2D eigenvalue weighted by atomic mass is 19.1. The van der Waals surface area contributed by atoms with E-state index in [9.17, 15) is 9.50 Å². The number of halogens is 1. The molecule has 0 fully saturated rings. The summed E-state index contributed by atoms with van der Waals surface area (Å²) < 4.78 is 20.7. The molecule has 1 heterocycles. The van der Waals surface area contributed by atoms with Crippen LogP contribution in [0.2, 0.25) is 0 Å². The molecule has 25 heavy (non-hydrogen) atoms. The van der Waals surface area contributed by atoms with Gasteiger partial charge in [-0.2, -0.15) is 0 Å². The maximum Gasteiger partial charge on any atom is 0.123 e.